The monoisotopic (exact) mass is 733 g/mol. The Bertz CT molecular complexity index is 1250. The molecule has 0 aliphatic heterocycles. The van der Waals surface area contributed by atoms with Crippen molar-refractivity contribution in [1.82, 2.24) is 0 Å². The molecule has 0 heterocycles. The molecule has 2 N–H and O–H groups in total. The molecule has 0 spiro atoms. The van der Waals surface area contributed by atoms with Gasteiger partial charge in [-0.25, -0.2) is 0 Å². The van der Waals surface area contributed by atoms with E-state index in [2.05, 4.69) is 150 Å². The van der Waals surface area contributed by atoms with Gasteiger partial charge in [0.2, 0.25) is 0 Å². The van der Waals surface area contributed by atoms with Crippen LogP contribution in [0, 0.1) is 44.3 Å². The van der Waals surface area contributed by atoms with Crippen LogP contribution in [-0.4, -0.2) is 46.4 Å². The maximum absolute atomic E-state index is 9.38. The quantitative estimate of drug-likeness (QED) is 0.131. The topological polar surface area (TPSA) is 40.5 Å². The summed E-state index contributed by atoms with van der Waals surface area (Å²) in [5.74, 6) is 5.07. The number of hydrogen-bond acceptors (Lipinski definition) is 4. The maximum atomic E-state index is 9.38. The van der Waals surface area contributed by atoms with E-state index in [4.69, 9.17) is 0 Å². The number of hydrogen-bond donors (Lipinski definition) is 2. The van der Waals surface area contributed by atoms with Crippen molar-refractivity contribution in [3.05, 3.63) is 34.9 Å². The molecule has 1 fully saturated rings. The minimum absolute atomic E-state index is 0.0294. The predicted octanol–water partition coefficient (Wildman–Crippen LogP) is 13.0. The number of aliphatic hydroxyl groups excluding tert-OH is 2. The van der Waals surface area contributed by atoms with Crippen molar-refractivity contribution >= 4 is 23.5 Å². The average molecular weight is 733 g/mol. The van der Waals surface area contributed by atoms with Crippen LogP contribution in [0.1, 0.15) is 174 Å². The van der Waals surface area contributed by atoms with E-state index in [1.165, 1.54) is 30.4 Å². The summed E-state index contributed by atoms with van der Waals surface area (Å²) in [5.41, 5.74) is 5.72. The fourth-order valence-corrected chi connectivity index (χ4v) is 11.0. The molecule has 292 valence electrons. The highest BCUT2D eigenvalue weighted by Gasteiger charge is 2.64. The zero-order chi connectivity index (χ0) is 39.0. The van der Waals surface area contributed by atoms with Crippen LogP contribution in [0.15, 0.2) is 18.2 Å². The molecule has 1 aromatic rings. The zero-order valence-electron chi connectivity index (χ0n) is 36.7. The Balaban J connectivity index is 2.49. The Labute approximate surface area is 321 Å². The second-order valence-electron chi connectivity index (χ2n) is 22.2. The molecule has 1 aromatic carbocycles. The van der Waals surface area contributed by atoms with E-state index >= 15 is 0 Å². The molecule has 4 atom stereocenters. The number of thioether (sulfide) groups is 2. The first-order valence-electron chi connectivity index (χ1n) is 19.9. The molecular formula is C46H84O2S2. The molecular weight excluding hydrogens is 649 g/mol. The Kier molecular flexibility index (Phi) is 14.6. The van der Waals surface area contributed by atoms with E-state index in [0.717, 1.165) is 29.4 Å². The van der Waals surface area contributed by atoms with Gasteiger partial charge in [-0.15, -0.1) is 0 Å². The van der Waals surface area contributed by atoms with Crippen LogP contribution >= 0.6 is 23.5 Å². The standard InChI is InChI=1S/C46H84O2S2/c1-33(28-49-22-20-47)27-39(6,7)40(8,9)31-45(18)32-46(45,19)37-25-35(38(3,4)5)24-36(26-37)44(16,17)42(12,13)30-41(10,11)43(14,15)34(2)29-50-23-21-48/h24-26,33-34,47-48H,20-23,27-32H2,1-19H3. The Morgan fingerprint density at radius 1 is 0.660 bits per heavy atom. The molecule has 0 bridgehead atoms. The third-order valence-corrected chi connectivity index (χ3v) is 17.9. The summed E-state index contributed by atoms with van der Waals surface area (Å²) < 4.78 is 0. The smallest absolute Gasteiger partial charge is 0.0521 e. The van der Waals surface area contributed by atoms with Gasteiger partial charge in [-0.2, -0.15) is 23.5 Å². The fourth-order valence-electron chi connectivity index (χ4n) is 9.10. The minimum Gasteiger partial charge on any atom is -0.396 e. The number of benzene rings is 1. The lowest BCUT2D eigenvalue weighted by Crippen LogP contribution is -2.46. The van der Waals surface area contributed by atoms with Crippen LogP contribution in [0.25, 0.3) is 0 Å². The molecule has 0 amide bonds. The van der Waals surface area contributed by atoms with E-state index in [0.29, 0.717) is 11.8 Å². The molecule has 1 saturated carbocycles. The first-order chi connectivity index (χ1) is 22.4. The molecule has 4 unspecified atom stereocenters. The highest BCUT2D eigenvalue weighted by atomic mass is 32.2. The second kappa shape index (κ2) is 15.9. The lowest BCUT2D eigenvalue weighted by Gasteiger charge is -2.53. The maximum Gasteiger partial charge on any atom is 0.0521 e. The van der Waals surface area contributed by atoms with Crippen LogP contribution in [0.5, 0.6) is 0 Å². The first kappa shape index (κ1) is 46.0. The van der Waals surface area contributed by atoms with Crippen LogP contribution in [0.3, 0.4) is 0 Å². The summed E-state index contributed by atoms with van der Waals surface area (Å²) in [7, 11) is 0. The van der Waals surface area contributed by atoms with Crippen molar-refractivity contribution in [1.29, 1.82) is 0 Å². The average Bonchev–Trinajstić information content (AvgIpc) is 3.50. The molecule has 0 saturated heterocycles. The van der Waals surface area contributed by atoms with Crippen LogP contribution in [0.4, 0.5) is 0 Å². The van der Waals surface area contributed by atoms with Gasteiger partial charge in [0.15, 0.2) is 0 Å². The first-order valence-corrected chi connectivity index (χ1v) is 22.2. The minimum atomic E-state index is -0.0294. The lowest BCUT2D eigenvalue weighted by atomic mass is 9.52. The van der Waals surface area contributed by atoms with Gasteiger partial charge in [-0.05, 0) is 114 Å². The van der Waals surface area contributed by atoms with E-state index in [-0.39, 0.29) is 61.9 Å². The van der Waals surface area contributed by atoms with E-state index in [9.17, 15) is 10.2 Å². The predicted molar refractivity (Wildman–Crippen MR) is 228 cm³/mol. The van der Waals surface area contributed by atoms with E-state index in [1.54, 1.807) is 5.56 Å². The summed E-state index contributed by atoms with van der Waals surface area (Å²) in [5, 5.41) is 18.7. The van der Waals surface area contributed by atoms with Crippen molar-refractivity contribution in [3.8, 4) is 0 Å². The van der Waals surface area contributed by atoms with Gasteiger partial charge >= 0.3 is 0 Å². The van der Waals surface area contributed by atoms with Crippen molar-refractivity contribution in [3.63, 3.8) is 0 Å². The van der Waals surface area contributed by atoms with Crippen molar-refractivity contribution in [2.45, 2.75) is 173 Å². The van der Waals surface area contributed by atoms with E-state index in [1.807, 2.05) is 23.5 Å². The SMILES string of the molecule is CC(CSCCO)CC(C)(C)C(C)(C)CC1(C)CC1(C)c1cc(C(C)(C)C)cc(C(C)(C)C(C)(C)CC(C)(C)C(C)(C)C(C)CSCCO)c1. The third-order valence-electron chi connectivity index (χ3n) is 15.4. The van der Waals surface area contributed by atoms with Crippen molar-refractivity contribution < 1.29 is 10.2 Å². The lowest BCUT2D eigenvalue weighted by molar-refractivity contribution is -0.00530. The zero-order valence-corrected chi connectivity index (χ0v) is 38.3. The van der Waals surface area contributed by atoms with Gasteiger partial charge in [-0.1, -0.05) is 150 Å². The van der Waals surface area contributed by atoms with Crippen molar-refractivity contribution in [2.24, 2.45) is 44.3 Å². The Morgan fingerprint density at radius 3 is 1.66 bits per heavy atom. The summed E-state index contributed by atoms with van der Waals surface area (Å²) in [6, 6.07) is 7.77. The van der Waals surface area contributed by atoms with Gasteiger partial charge in [0.25, 0.3) is 0 Å². The van der Waals surface area contributed by atoms with E-state index < -0.39 is 0 Å². The number of aliphatic hydroxyl groups is 2. The third kappa shape index (κ3) is 9.92. The van der Waals surface area contributed by atoms with Gasteiger partial charge in [-0.3, -0.25) is 0 Å². The Morgan fingerprint density at radius 2 is 1.16 bits per heavy atom. The molecule has 1 aliphatic rings. The van der Waals surface area contributed by atoms with Crippen LogP contribution < -0.4 is 0 Å². The molecule has 0 radical (unpaired) electrons. The second-order valence-corrected chi connectivity index (χ2v) is 24.5. The van der Waals surface area contributed by atoms with Crippen LogP contribution in [0.2, 0.25) is 0 Å². The van der Waals surface area contributed by atoms with Gasteiger partial charge in [0.1, 0.15) is 0 Å². The molecule has 2 rings (SSSR count). The van der Waals surface area contributed by atoms with Gasteiger partial charge < -0.3 is 10.2 Å². The van der Waals surface area contributed by atoms with Crippen molar-refractivity contribution in [2.75, 3.05) is 36.2 Å². The molecule has 0 aromatic heterocycles. The fraction of sp³-hybridized carbons (Fsp3) is 0.870. The molecule has 50 heavy (non-hydrogen) atoms. The highest BCUT2D eigenvalue weighted by Crippen LogP contribution is 2.70. The molecule has 4 heteroatoms. The molecule has 2 nitrogen and oxygen atoms in total. The van der Waals surface area contributed by atoms with Gasteiger partial charge in [0.05, 0.1) is 13.2 Å². The largest absolute Gasteiger partial charge is 0.396 e. The Hall–Kier alpha value is -0.160. The molecule has 1 aliphatic carbocycles. The number of rotatable bonds is 20. The highest BCUT2D eigenvalue weighted by molar-refractivity contribution is 7.99. The summed E-state index contributed by atoms with van der Waals surface area (Å²) >= 11 is 3.78. The van der Waals surface area contributed by atoms with Gasteiger partial charge in [0, 0.05) is 11.5 Å². The summed E-state index contributed by atoms with van der Waals surface area (Å²) in [6.45, 7) is 47.8. The summed E-state index contributed by atoms with van der Waals surface area (Å²) in [6.07, 6.45) is 4.82. The van der Waals surface area contributed by atoms with Crippen LogP contribution in [-0.2, 0) is 16.2 Å². The summed E-state index contributed by atoms with van der Waals surface area (Å²) in [4.78, 5) is 0. The normalized spacial score (nSPS) is 22.5.